The van der Waals surface area contributed by atoms with E-state index < -0.39 is 11.6 Å². The lowest BCUT2D eigenvalue weighted by atomic mass is 9.89. The highest BCUT2D eigenvalue weighted by Gasteiger charge is 2.51. The smallest absolute Gasteiger partial charge is 0.303 e. The van der Waals surface area contributed by atoms with Crippen LogP contribution in [0.25, 0.3) is 0 Å². The van der Waals surface area contributed by atoms with Gasteiger partial charge in [-0.25, -0.2) is 0 Å². The molecule has 3 atom stereocenters. The van der Waals surface area contributed by atoms with E-state index >= 15 is 0 Å². The fourth-order valence-corrected chi connectivity index (χ4v) is 5.92. The van der Waals surface area contributed by atoms with Crippen LogP contribution in [0.4, 0.5) is 0 Å². The molecule has 1 aromatic carbocycles. The molecule has 0 saturated carbocycles. The Bertz CT molecular complexity index is 982. The summed E-state index contributed by atoms with van der Waals surface area (Å²) in [5.74, 6) is -0.800. The van der Waals surface area contributed by atoms with Gasteiger partial charge >= 0.3 is 5.97 Å². The number of amides is 2. The summed E-state index contributed by atoms with van der Waals surface area (Å²) < 4.78 is 11.3. The van der Waals surface area contributed by atoms with Gasteiger partial charge in [0.1, 0.15) is 0 Å². The summed E-state index contributed by atoms with van der Waals surface area (Å²) in [6.07, 6.45) is 2.40. The van der Waals surface area contributed by atoms with Gasteiger partial charge in [0.15, 0.2) is 5.60 Å². The quantitative estimate of drug-likeness (QED) is 0.550. The van der Waals surface area contributed by atoms with Crippen molar-refractivity contribution in [3.63, 3.8) is 0 Å². The van der Waals surface area contributed by atoms with E-state index in [1.54, 1.807) is 30.9 Å². The highest BCUT2D eigenvalue weighted by atomic mass is 35.5. The Balaban J connectivity index is 1.61. The van der Waals surface area contributed by atoms with Crippen LogP contribution in [0, 0.1) is 0 Å². The molecule has 3 aliphatic heterocycles. The first-order valence-corrected chi connectivity index (χ1v) is 12.9. The third-order valence-corrected chi connectivity index (χ3v) is 7.89. The maximum absolute atomic E-state index is 13.6. The molecule has 8 nitrogen and oxygen atoms in total. The number of carbonyl (C=O) groups is 3. The summed E-state index contributed by atoms with van der Waals surface area (Å²) >= 11 is 12.2. The van der Waals surface area contributed by atoms with Crippen molar-refractivity contribution in [3.05, 3.63) is 33.8 Å². The van der Waals surface area contributed by atoms with Crippen molar-refractivity contribution in [2.24, 2.45) is 0 Å². The van der Waals surface area contributed by atoms with Crippen LogP contribution in [0.1, 0.15) is 39.2 Å². The molecule has 0 bridgehead atoms. The number of hydrogen-bond donors (Lipinski definition) is 0. The van der Waals surface area contributed by atoms with Crippen molar-refractivity contribution in [2.45, 2.75) is 63.8 Å². The number of benzene rings is 1. The number of esters is 1. The average Bonchev–Trinajstić information content (AvgIpc) is 3.34. The van der Waals surface area contributed by atoms with Crippen molar-refractivity contribution in [2.75, 3.05) is 39.4 Å². The van der Waals surface area contributed by atoms with Gasteiger partial charge in [-0.15, -0.1) is 0 Å². The predicted molar refractivity (Wildman–Crippen MR) is 132 cm³/mol. The number of likely N-dealkylation sites (tertiary alicyclic amines) is 1. The zero-order valence-electron chi connectivity index (χ0n) is 20.5. The van der Waals surface area contributed by atoms with E-state index in [0.717, 1.165) is 31.5 Å². The van der Waals surface area contributed by atoms with Gasteiger partial charge in [0.2, 0.25) is 5.91 Å². The van der Waals surface area contributed by atoms with Crippen LogP contribution in [0.15, 0.2) is 18.2 Å². The molecule has 4 rings (SSSR count). The molecule has 3 fully saturated rings. The summed E-state index contributed by atoms with van der Waals surface area (Å²) in [4.78, 5) is 44.8. The number of hydrogen-bond acceptors (Lipinski definition) is 6. The van der Waals surface area contributed by atoms with Crippen LogP contribution >= 0.6 is 23.2 Å². The Morgan fingerprint density at radius 1 is 1.00 bits per heavy atom. The van der Waals surface area contributed by atoms with Crippen molar-refractivity contribution in [1.82, 2.24) is 14.7 Å². The van der Waals surface area contributed by atoms with Gasteiger partial charge in [0.05, 0.1) is 47.8 Å². The van der Waals surface area contributed by atoms with Crippen molar-refractivity contribution in [3.8, 4) is 0 Å². The molecule has 0 radical (unpaired) electrons. The van der Waals surface area contributed by atoms with E-state index in [0.29, 0.717) is 36.3 Å². The fourth-order valence-electron chi connectivity index (χ4n) is 5.60. The zero-order chi connectivity index (χ0) is 25.3. The molecular formula is C25H33Cl2N3O5. The second-order valence-electron chi connectivity index (χ2n) is 10.0. The molecule has 0 aliphatic carbocycles. The van der Waals surface area contributed by atoms with Gasteiger partial charge in [-0.2, -0.15) is 0 Å². The lowest BCUT2D eigenvalue weighted by molar-refractivity contribution is -0.180. The van der Waals surface area contributed by atoms with Gasteiger partial charge in [-0.05, 0) is 57.5 Å². The molecule has 192 valence electrons. The van der Waals surface area contributed by atoms with Crippen LogP contribution in [-0.4, -0.2) is 95.6 Å². The largest absolute Gasteiger partial charge is 0.450 e. The Labute approximate surface area is 216 Å². The lowest BCUT2D eigenvalue weighted by Gasteiger charge is -2.55. The van der Waals surface area contributed by atoms with Crippen molar-refractivity contribution >= 4 is 41.0 Å². The fraction of sp³-hybridized carbons (Fsp3) is 0.640. The van der Waals surface area contributed by atoms with Gasteiger partial charge < -0.3 is 19.3 Å². The predicted octanol–water partition coefficient (Wildman–Crippen LogP) is 2.78. The standard InChI is InChI=1S/C25H33Cl2N3O5/c1-16(31)35-25(2,3)24(33)29-10-11-30(22(32)13-17-6-7-18(26)19(27)12-17)23-20(14-34-15-21(23)29)28-8-4-5-9-28/h6-7,12,20-21,23H,4-5,8-11,13-15H2,1-3H3/t20-,21?,23?/m0/s1. The summed E-state index contributed by atoms with van der Waals surface area (Å²) in [5.41, 5.74) is -0.510. The van der Waals surface area contributed by atoms with Crippen LogP contribution in [-0.2, 0) is 30.3 Å². The molecule has 0 spiro atoms. The number of halogens is 2. The summed E-state index contributed by atoms with van der Waals surface area (Å²) in [5, 5.41) is 0.864. The van der Waals surface area contributed by atoms with Gasteiger partial charge in [0.25, 0.3) is 5.91 Å². The highest BCUT2D eigenvalue weighted by molar-refractivity contribution is 6.42. The molecule has 3 saturated heterocycles. The highest BCUT2D eigenvalue weighted by Crippen LogP contribution is 2.32. The van der Waals surface area contributed by atoms with Crippen molar-refractivity contribution in [1.29, 1.82) is 0 Å². The van der Waals surface area contributed by atoms with E-state index in [9.17, 15) is 14.4 Å². The number of rotatable bonds is 5. The monoisotopic (exact) mass is 525 g/mol. The number of fused-ring (bicyclic) bond motifs is 1. The minimum absolute atomic E-state index is 0.0126. The summed E-state index contributed by atoms with van der Waals surface area (Å²) in [6, 6.07) is 4.67. The maximum Gasteiger partial charge on any atom is 0.303 e. The Morgan fingerprint density at radius 2 is 1.66 bits per heavy atom. The topological polar surface area (TPSA) is 79.4 Å². The summed E-state index contributed by atoms with van der Waals surface area (Å²) in [6.45, 7) is 7.97. The van der Waals surface area contributed by atoms with E-state index in [-0.39, 0.29) is 36.4 Å². The van der Waals surface area contributed by atoms with Crippen LogP contribution in [0.3, 0.4) is 0 Å². The zero-order valence-corrected chi connectivity index (χ0v) is 22.0. The first-order chi connectivity index (χ1) is 16.6. The molecule has 1 aromatic rings. The van der Waals surface area contributed by atoms with E-state index in [1.165, 1.54) is 6.92 Å². The number of piperazine rings is 1. The minimum Gasteiger partial charge on any atom is -0.450 e. The Morgan fingerprint density at radius 3 is 2.31 bits per heavy atom. The third-order valence-electron chi connectivity index (χ3n) is 7.15. The van der Waals surface area contributed by atoms with E-state index in [4.69, 9.17) is 32.7 Å². The van der Waals surface area contributed by atoms with Gasteiger partial charge in [-0.3, -0.25) is 19.3 Å². The maximum atomic E-state index is 13.6. The van der Waals surface area contributed by atoms with Crippen LogP contribution < -0.4 is 0 Å². The van der Waals surface area contributed by atoms with Crippen LogP contribution in [0.5, 0.6) is 0 Å². The molecular weight excluding hydrogens is 493 g/mol. The number of ether oxygens (including phenoxy) is 2. The first kappa shape index (κ1) is 26.2. The first-order valence-electron chi connectivity index (χ1n) is 12.1. The van der Waals surface area contributed by atoms with Crippen molar-refractivity contribution < 1.29 is 23.9 Å². The molecule has 3 aliphatic rings. The van der Waals surface area contributed by atoms with Crippen LogP contribution in [0.2, 0.25) is 10.0 Å². The number of nitrogens with zero attached hydrogens (tertiary/aromatic N) is 3. The second kappa shape index (κ2) is 10.6. The average molecular weight is 526 g/mol. The van der Waals surface area contributed by atoms with E-state index in [1.807, 2.05) is 11.0 Å². The molecule has 35 heavy (non-hydrogen) atoms. The molecule has 0 aromatic heterocycles. The lowest BCUT2D eigenvalue weighted by Crippen LogP contribution is -2.73. The minimum atomic E-state index is -1.30. The SMILES string of the molecule is CC(=O)OC(C)(C)C(=O)N1CCN(C(=O)Cc2ccc(Cl)c(Cl)c2)C2C1COC[C@@H]2N1CCCC1. The molecule has 0 N–H and O–H groups in total. The van der Waals surface area contributed by atoms with E-state index in [2.05, 4.69) is 4.90 Å². The molecule has 2 unspecified atom stereocenters. The van der Waals surface area contributed by atoms with Gasteiger partial charge in [0, 0.05) is 20.0 Å². The normalized spacial score (nSPS) is 25.3. The van der Waals surface area contributed by atoms with Gasteiger partial charge in [-0.1, -0.05) is 29.3 Å². The molecule has 2 amide bonds. The molecule has 10 heteroatoms. The summed E-state index contributed by atoms with van der Waals surface area (Å²) in [7, 11) is 0. The molecule has 3 heterocycles. The second-order valence-corrected chi connectivity index (χ2v) is 10.8. The third kappa shape index (κ3) is 5.61. The Hall–Kier alpha value is -1.87. The Kier molecular flexibility index (Phi) is 7.95. The number of carbonyl (C=O) groups excluding carboxylic acids is 3.